The van der Waals surface area contributed by atoms with Crippen LogP contribution in [0.2, 0.25) is 0 Å². The Balaban J connectivity index is 2.34. The van der Waals surface area contributed by atoms with E-state index in [4.69, 9.17) is 15.9 Å². The van der Waals surface area contributed by atoms with Crippen LogP contribution in [0.3, 0.4) is 0 Å². The van der Waals surface area contributed by atoms with Crippen molar-refractivity contribution in [2.45, 2.75) is 6.92 Å². The molecule has 0 saturated heterocycles. The van der Waals surface area contributed by atoms with E-state index in [2.05, 4.69) is 9.97 Å². The van der Waals surface area contributed by atoms with E-state index < -0.39 is 4.92 Å². The fourth-order valence-corrected chi connectivity index (χ4v) is 1.53. The van der Waals surface area contributed by atoms with Crippen molar-refractivity contribution >= 4 is 11.5 Å². The number of nitro groups is 1. The van der Waals surface area contributed by atoms with Crippen molar-refractivity contribution in [2.24, 2.45) is 5.73 Å². The quantitative estimate of drug-likeness (QED) is 0.378. The number of hydrogen-bond acceptors (Lipinski definition) is 6. The summed E-state index contributed by atoms with van der Waals surface area (Å²) < 4.78 is 5.41. The predicted molar refractivity (Wildman–Crippen MR) is 71.0 cm³/mol. The number of nitrogens with two attached hydrogens (primary N) is 1. The van der Waals surface area contributed by atoms with Gasteiger partial charge < -0.3 is 10.5 Å². The number of nitrogens with zero attached hydrogens (tertiary/aromatic N) is 3. The number of para-hydroxylation sites is 1. The summed E-state index contributed by atoms with van der Waals surface area (Å²) in [5, 5.41) is 18.1. The Morgan fingerprint density at radius 1 is 1.40 bits per heavy atom. The molecule has 8 heteroatoms. The molecule has 0 bridgehead atoms. The molecule has 20 heavy (non-hydrogen) atoms. The molecule has 2 rings (SSSR count). The summed E-state index contributed by atoms with van der Waals surface area (Å²) in [5.41, 5.74) is 5.92. The standard InChI is InChI=1S/C12H11N5O3/c1-7-3-2-4-9(17(18)19)11(7)20-10-6-15-8(5-16-10)12(13)14/h2-6H,1H3,(H3,13,14). The molecule has 0 unspecified atom stereocenters. The number of aromatic nitrogens is 2. The summed E-state index contributed by atoms with van der Waals surface area (Å²) >= 11 is 0. The fraction of sp³-hybridized carbons (Fsp3) is 0.0833. The van der Waals surface area contributed by atoms with E-state index in [0.29, 0.717) is 5.56 Å². The summed E-state index contributed by atoms with van der Waals surface area (Å²) in [6.07, 6.45) is 2.52. The average Bonchev–Trinajstić information content (AvgIpc) is 2.41. The van der Waals surface area contributed by atoms with E-state index in [1.807, 2.05) is 0 Å². The first-order chi connectivity index (χ1) is 9.49. The molecule has 0 spiro atoms. The van der Waals surface area contributed by atoms with Gasteiger partial charge in [-0.05, 0) is 12.5 Å². The lowest BCUT2D eigenvalue weighted by Crippen LogP contribution is -2.13. The maximum Gasteiger partial charge on any atom is 0.311 e. The number of nitrogens with one attached hydrogen (secondary N) is 1. The van der Waals surface area contributed by atoms with Gasteiger partial charge in [-0.15, -0.1) is 0 Å². The molecular weight excluding hydrogens is 262 g/mol. The predicted octanol–water partition coefficient (Wildman–Crippen LogP) is 1.77. The molecular formula is C12H11N5O3. The van der Waals surface area contributed by atoms with Crippen LogP contribution in [0.4, 0.5) is 5.69 Å². The smallest absolute Gasteiger partial charge is 0.311 e. The second-order valence-electron chi connectivity index (χ2n) is 3.94. The van der Waals surface area contributed by atoms with Crippen LogP contribution in [0.25, 0.3) is 0 Å². The van der Waals surface area contributed by atoms with Gasteiger partial charge in [0.15, 0.2) is 0 Å². The highest BCUT2D eigenvalue weighted by molar-refractivity contribution is 5.92. The monoisotopic (exact) mass is 273 g/mol. The van der Waals surface area contributed by atoms with Crippen LogP contribution in [0.1, 0.15) is 11.3 Å². The van der Waals surface area contributed by atoms with Crippen molar-refractivity contribution in [3.63, 3.8) is 0 Å². The van der Waals surface area contributed by atoms with E-state index in [-0.39, 0.29) is 28.8 Å². The van der Waals surface area contributed by atoms with Crippen LogP contribution >= 0.6 is 0 Å². The highest BCUT2D eigenvalue weighted by Crippen LogP contribution is 2.33. The lowest BCUT2D eigenvalue weighted by Gasteiger charge is -2.08. The van der Waals surface area contributed by atoms with Gasteiger partial charge in [0, 0.05) is 6.07 Å². The third-order valence-electron chi connectivity index (χ3n) is 2.50. The Labute approximate surface area is 113 Å². The largest absolute Gasteiger partial charge is 0.430 e. The summed E-state index contributed by atoms with van der Waals surface area (Å²) in [6.45, 7) is 1.69. The number of ether oxygens (including phenoxy) is 1. The molecule has 0 saturated carbocycles. The van der Waals surface area contributed by atoms with E-state index in [0.717, 1.165) is 0 Å². The van der Waals surface area contributed by atoms with Gasteiger partial charge in [0.2, 0.25) is 11.6 Å². The summed E-state index contributed by atoms with van der Waals surface area (Å²) in [6, 6.07) is 4.62. The fourth-order valence-electron chi connectivity index (χ4n) is 1.53. The maximum absolute atomic E-state index is 11.0. The number of aryl methyl sites for hydroxylation is 1. The van der Waals surface area contributed by atoms with Crippen LogP contribution < -0.4 is 10.5 Å². The van der Waals surface area contributed by atoms with E-state index in [1.54, 1.807) is 19.1 Å². The number of rotatable bonds is 4. The molecule has 8 nitrogen and oxygen atoms in total. The van der Waals surface area contributed by atoms with Gasteiger partial charge in [-0.2, -0.15) is 0 Å². The first kappa shape index (κ1) is 13.4. The Morgan fingerprint density at radius 3 is 2.70 bits per heavy atom. The van der Waals surface area contributed by atoms with Crippen molar-refractivity contribution in [3.05, 3.63) is 52.0 Å². The zero-order valence-electron chi connectivity index (χ0n) is 10.5. The molecule has 0 atom stereocenters. The molecule has 0 radical (unpaired) electrons. The molecule has 0 aliphatic carbocycles. The van der Waals surface area contributed by atoms with Crippen LogP contribution in [0.15, 0.2) is 30.6 Å². The third kappa shape index (κ3) is 2.69. The highest BCUT2D eigenvalue weighted by Gasteiger charge is 2.18. The van der Waals surface area contributed by atoms with Crippen molar-refractivity contribution in [3.8, 4) is 11.6 Å². The maximum atomic E-state index is 11.0. The third-order valence-corrected chi connectivity index (χ3v) is 2.50. The normalized spacial score (nSPS) is 10.1. The highest BCUT2D eigenvalue weighted by atomic mass is 16.6. The second kappa shape index (κ2) is 5.31. The van der Waals surface area contributed by atoms with Crippen LogP contribution in [-0.2, 0) is 0 Å². The lowest BCUT2D eigenvalue weighted by molar-refractivity contribution is -0.385. The molecule has 102 valence electrons. The molecule has 0 aliphatic heterocycles. The molecule has 1 heterocycles. The number of nitrogen functional groups attached to an aromatic ring is 1. The molecule has 1 aromatic heterocycles. The first-order valence-electron chi connectivity index (χ1n) is 5.57. The van der Waals surface area contributed by atoms with Gasteiger partial charge in [0.05, 0.1) is 17.3 Å². The SMILES string of the molecule is Cc1cccc([N+](=O)[O-])c1Oc1cnc(C(=N)N)cn1. The number of amidine groups is 1. The van der Waals surface area contributed by atoms with Crippen LogP contribution in [0, 0.1) is 22.4 Å². The molecule has 0 aliphatic rings. The minimum absolute atomic E-state index is 0.0902. The van der Waals surface area contributed by atoms with Gasteiger partial charge in [0.25, 0.3) is 0 Å². The van der Waals surface area contributed by atoms with E-state index in [1.165, 1.54) is 18.5 Å². The molecule has 3 N–H and O–H groups in total. The Kier molecular flexibility index (Phi) is 3.56. The summed E-state index contributed by atoms with van der Waals surface area (Å²) in [7, 11) is 0. The Hall–Kier alpha value is -3.03. The van der Waals surface area contributed by atoms with Crippen molar-refractivity contribution in [1.82, 2.24) is 9.97 Å². The summed E-state index contributed by atoms with van der Waals surface area (Å²) in [5.74, 6) is -0.0132. The molecule has 2 aromatic rings. The van der Waals surface area contributed by atoms with Gasteiger partial charge >= 0.3 is 5.69 Å². The van der Waals surface area contributed by atoms with E-state index >= 15 is 0 Å². The van der Waals surface area contributed by atoms with E-state index in [9.17, 15) is 10.1 Å². The Morgan fingerprint density at radius 2 is 2.15 bits per heavy atom. The topological polar surface area (TPSA) is 128 Å². The van der Waals surface area contributed by atoms with Crippen LogP contribution in [0.5, 0.6) is 11.6 Å². The molecule has 0 fully saturated rings. The van der Waals surface area contributed by atoms with Gasteiger partial charge in [-0.1, -0.05) is 12.1 Å². The number of benzene rings is 1. The molecule has 1 aromatic carbocycles. The molecule has 0 amide bonds. The van der Waals surface area contributed by atoms with Gasteiger partial charge in [-0.25, -0.2) is 9.97 Å². The van der Waals surface area contributed by atoms with Gasteiger partial charge in [0.1, 0.15) is 11.5 Å². The Bertz CT molecular complexity index is 669. The number of nitro benzene ring substituents is 1. The average molecular weight is 273 g/mol. The minimum atomic E-state index is -0.528. The first-order valence-corrected chi connectivity index (χ1v) is 5.57. The summed E-state index contributed by atoms with van der Waals surface area (Å²) in [4.78, 5) is 18.2. The lowest BCUT2D eigenvalue weighted by atomic mass is 10.2. The van der Waals surface area contributed by atoms with Crippen LogP contribution in [-0.4, -0.2) is 20.7 Å². The second-order valence-corrected chi connectivity index (χ2v) is 3.94. The van der Waals surface area contributed by atoms with Crippen molar-refractivity contribution < 1.29 is 9.66 Å². The van der Waals surface area contributed by atoms with Crippen molar-refractivity contribution in [1.29, 1.82) is 5.41 Å². The van der Waals surface area contributed by atoms with Gasteiger partial charge in [-0.3, -0.25) is 15.5 Å². The number of hydrogen-bond donors (Lipinski definition) is 2. The minimum Gasteiger partial charge on any atom is -0.430 e. The zero-order valence-corrected chi connectivity index (χ0v) is 10.5. The van der Waals surface area contributed by atoms with Crippen molar-refractivity contribution in [2.75, 3.05) is 0 Å². The zero-order chi connectivity index (χ0) is 14.7.